The molecule has 1 aromatic rings. The predicted octanol–water partition coefficient (Wildman–Crippen LogP) is 3.09. The van der Waals surface area contributed by atoms with E-state index in [0.29, 0.717) is 12.6 Å². The van der Waals surface area contributed by atoms with Crippen LogP contribution in [-0.4, -0.2) is 73.7 Å². The molecule has 3 saturated heterocycles. The van der Waals surface area contributed by atoms with Gasteiger partial charge in [0.25, 0.3) is 0 Å². The molecule has 3 aliphatic rings. The molecule has 1 atom stereocenters. The average Bonchev–Trinajstić information content (AvgIpc) is 3.33. The van der Waals surface area contributed by atoms with E-state index < -0.39 is 0 Å². The lowest BCUT2D eigenvalue weighted by molar-refractivity contribution is -0.127. The van der Waals surface area contributed by atoms with Gasteiger partial charge in [0.15, 0.2) is 0 Å². The quantitative estimate of drug-likeness (QED) is 0.711. The highest BCUT2D eigenvalue weighted by Crippen LogP contribution is 2.24. The highest BCUT2D eigenvalue weighted by Gasteiger charge is 2.30. The van der Waals surface area contributed by atoms with Gasteiger partial charge in [-0.2, -0.15) is 0 Å². The Morgan fingerprint density at radius 1 is 1.00 bits per heavy atom. The second kappa shape index (κ2) is 11.3. The number of ether oxygens (including phenoxy) is 1. The summed E-state index contributed by atoms with van der Waals surface area (Å²) in [5.74, 6) is 0.444. The Morgan fingerprint density at radius 2 is 1.77 bits per heavy atom. The Balaban J connectivity index is 1.09. The second-order valence-corrected chi connectivity index (χ2v) is 9.35. The summed E-state index contributed by atoms with van der Waals surface area (Å²) in [5.41, 5.74) is 1.45. The fourth-order valence-electron chi connectivity index (χ4n) is 5.35. The van der Waals surface area contributed by atoms with Crippen LogP contribution in [0.2, 0.25) is 0 Å². The van der Waals surface area contributed by atoms with E-state index in [1.54, 1.807) is 0 Å². The van der Waals surface area contributed by atoms with Crippen molar-refractivity contribution in [3.05, 3.63) is 35.9 Å². The van der Waals surface area contributed by atoms with Crippen LogP contribution in [0.25, 0.3) is 0 Å². The molecule has 5 heteroatoms. The van der Waals surface area contributed by atoms with Crippen molar-refractivity contribution in [2.45, 2.75) is 63.5 Å². The summed E-state index contributed by atoms with van der Waals surface area (Å²) in [5, 5.41) is 3.14. The molecule has 4 rings (SSSR count). The van der Waals surface area contributed by atoms with Gasteiger partial charge in [0.2, 0.25) is 5.91 Å². The maximum absolute atomic E-state index is 12.5. The molecule has 5 nitrogen and oxygen atoms in total. The van der Waals surface area contributed by atoms with Gasteiger partial charge >= 0.3 is 0 Å². The SMILES string of the molecule is O=C(NC[C@H]1CCCO1)C1CCN(C2CCN(CCCc3ccccc3)CC2)CC1. The number of carbonyl (C=O) groups is 1. The van der Waals surface area contributed by atoms with Crippen LogP contribution in [0.3, 0.4) is 0 Å². The van der Waals surface area contributed by atoms with Crippen LogP contribution in [0.5, 0.6) is 0 Å². The average molecular weight is 414 g/mol. The summed E-state index contributed by atoms with van der Waals surface area (Å²) < 4.78 is 5.62. The molecular weight excluding hydrogens is 374 g/mol. The highest BCUT2D eigenvalue weighted by atomic mass is 16.5. The molecule has 0 bridgehead atoms. The van der Waals surface area contributed by atoms with Crippen molar-refractivity contribution in [3.63, 3.8) is 0 Å². The minimum Gasteiger partial charge on any atom is -0.376 e. The number of aryl methyl sites for hydroxylation is 1. The topological polar surface area (TPSA) is 44.8 Å². The number of hydrogen-bond acceptors (Lipinski definition) is 4. The molecule has 1 N–H and O–H groups in total. The fourth-order valence-corrected chi connectivity index (χ4v) is 5.35. The van der Waals surface area contributed by atoms with E-state index in [1.165, 1.54) is 50.9 Å². The number of carbonyl (C=O) groups excluding carboxylic acids is 1. The summed E-state index contributed by atoms with van der Waals surface area (Å²) in [4.78, 5) is 17.8. The van der Waals surface area contributed by atoms with Crippen molar-refractivity contribution in [2.24, 2.45) is 5.92 Å². The zero-order chi connectivity index (χ0) is 20.6. The van der Waals surface area contributed by atoms with E-state index >= 15 is 0 Å². The molecular formula is C25H39N3O2. The van der Waals surface area contributed by atoms with Gasteiger partial charge in [0, 0.05) is 25.1 Å². The zero-order valence-electron chi connectivity index (χ0n) is 18.4. The van der Waals surface area contributed by atoms with Crippen LogP contribution < -0.4 is 5.32 Å². The Morgan fingerprint density at radius 3 is 2.47 bits per heavy atom. The maximum atomic E-state index is 12.5. The first kappa shape index (κ1) is 21.8. The van der Waals surface area contributed by atoms with Crippen LogP contribution >= 0.6 is 0 Å². The van der Waals surface area contributed by atoms with Gasteiger partial charge in [-0.3, -0.25) is 4.79 Å². The molecule has 166 valence electrons. The van der Waals surface area contributed by atoms with Crippen LogP contribution in [0, 0.1) is 5.92 Å². The molecule has 30 heavy (non-hydrogen) atoms. The number of piperidine rings is 2. The van der Waals surface area contributed by atoms with E-state index in [-0.39, 0.29) is 17.9 Å². The number of amides is 1. The number of rotatable bonds is 8. The molecule has 0 aliphatic carbocycles. The van der Waals surface area contributed by atoms with Crippen molar-refractivity contribution in [3.8, 4) is 0 Å². The summed E-state index contributed by atoms with van der Waals surface area (Å²) in [6.45, 7) is 7.37. The molecule has 0 aromatic heterocycles. The minimum atomic E-state index is 0.195. The third kappa shape index (κ3) is 6.29. The first-order valence-electron chi connectivity index (χ1n) is 12.2. The first-order chi connectivity index (χ1) is 14.8. The van der Waals surface area contributed by atoms with Crippen molar-refractivity contribution in [1.29, 1.82) is 0 Å². The van der Waals surface area contributed by atoms with E-state index in [9.17, 15) is 4.79 Å². The number of benzene rings is 1. The Bertz CT molecular complexity index is 631. The summed E-state index contributed by atoms with van der Waals surface area (Å²) in [6, 6.07) is 11.5. The largest absolute Gasteiger partial charge is 0.376 e. The third-order valence-electron chi connectivity index (χ3n) is 7.28. The Hall–Kier alpha value is -1.43. The van der Waals surface area contributed by atoms with E-state index in [0.717, 1.165) is 45.4 Å². The van der Waals surface area contributed by atoms with Crippen molar-refractivity contribution >= 4 is 5.91 Å². The van der Waals surface area contributed by atoms with Crippen LogP contribution in [-0.2, 0) is 16.0 Å². The Kier molecular flexibility index (Phi) is 8.18. The second-order valence-electron chi connectivity index (χ2n) is 9.35. The highest BCUT2D eigenvalue weighted by molar-refractivity contribution is 5.78. The molecule has 1 aromatic carbocycles. The molecule has 0 radical (unpaired) electrons. The molecule has 1 amide bonds. The smallest absolute Gasteiger partial charge is 0.223 e. The van der Waals surface area contributed by atoms with Crippen LogP contribution in [0.1, 0.15) is 50.5 Å². The number of hydrogen-bond donors (Lipinski definition) is 1. The number of nitrogens with zero attached hydrogens (tertiary/aromatic N) is 2. The number of likely N-dealkylation sites (tertiary alicyclic amines) is 2. The van der Waals surface area contributed by atoms with Crippen LogP contribution in [0.4, 0.5) is 0 Å². The summed E-state index contributed by atoms with van der Waals surface area (Å²) in [6.07, 6.45) is 9.47. The van der Waals surface area contributed by atoms with Gasteiger partial charge in [-0.1, -0.05) is 30.3 Å². The summed E-state index contributed by atoms with van der Waals surface area (Å²) in [7, 11) is 0. The van der Waals surface area contributed by atoms with Crippen molar-refractivity contribution in [2.75, 3.05) is 45.9 Å². The van der Waals surface area contributed by atoms with Crippen molar-refractivity contribution in [1.82, 2.24) is 15.1 Å². The lowest BCUT2D eigenvalue weighted by Gasteiger charge is -2.41. The molecule has 3 heterocycles. The van der Waals surface area contributed by atoms with Gasteiger partial charge in [-0.25, -0.2) is 0 Å². The predicted molar refractivity (Wildman–Crippen MR) is 121 cm³/mol. The summed E-state index contributed by atoms with van der Waals surface area (Å²) >= 11 is 0. The van der Waals surface area contributed by atoms with Gasteiger partial charge in [0.05, 0.1) is 6.10 Å². The lowest BCUT2D eigenvalue weighted by Crippen LogP contribution is -2.49. The van der Waals surface area contributed by atoms with E-state index in [1.807, 2.05) is 0 Å². The molecule has 3 fully saturated rings. The lowest BCUT2D eigenvalue weighted by atomic mass is 9.92. The molecule has 3 aliphatic heterocycles. The molecule has 0 spiro atoms. The maximum Gasteiger partial charge on any atom is 0.223 e. The fraction of sp³-hybridized carbons (Fsp3) is 0.720. The zero-order valence-corrected chi connectivity index (χ0v) is 18.4. The van der Waals surface area contributed by atoms with Gasteiger partial charge in [-0.05, 0) is 89.7 Å². The first-order valence-corrected chi connectivity index (χ1v) is 12.2. The molecule has 0 saturated carbocycles. The van der Waals surface area contributed by atoms with E-state index in [4.69, 9.17) is 4.74 Å². The molecule has 0 unspecified atom stereocenters. The standard InChI is InChI=1S/C25H39N3O2/c29-25(26-20-24-9-5-19-30-24)22-10-17-28(18-11-22)23-12-15-27(16-13-23)14-4-8-21-6-2-1-3-7-21/h1-3,6-7,22-24H,4-5,8-20H2,(H,26,29)/t24-/m1/s1. The van der Waals surface area contributed by atoms with Crippen molar-refractivity contribution < 1.29 is 9.53 Å². The van der Waals surface area contributed by atoms with Gasteiger partial charge < -0.3 is 19.9 Å². The van der Waals surface area contributed by atoms with Gasteiger partial charge in [0.1, 0.15) is 0 Å². The third-order valence-corrected chi connectivity index (χ3v) is 7.28. The normalized spacial score (nSPS) is 24.9. The van der Waals surface area contributed by atoms with E-state index in [2.05, 4.69) is 45.4 Å². The van der Waals surface area contributed by atoms with Gasteiger partial charge in [-0.15, -0.1) is 0 Å². The minimum absolute atomic E-state index is 0.195. The van der Waals surface area contributed by atoms with Crippen LogP contribution in [0.15, 0.2) is 30.3 Å². The number of nitrogens with one attached hydrogen (secondary N) is 1. The Labute approximate surface area is 182 Å². The monoisotopic (exact) mass is 413 g/mol.